The number of ketones is 1. The fraction of sp³-hybridized carbons (Fsp3) is 0.909. The summed E-state index contributed by atoms with van der Waals surface area (Å²) in [5.41, 5.74) is 0.142. The minimum Gasteiger partial charge on any atom is -0.298 e. The third-order valence-corrected chi connectivity index (χ3v) is 4.06. The predicted molar refractivity (Wildman–Crippen MR) is 59.2 cm³/mol. The maximum Gasteiger partial charge on any atom is 0.149 e. The second kappa shape index (κ2) is 3.64. The van der Waals surface area contributed by atoms with Crippen LogP contribution in [0.1, 0.15) is 47.0 Å². The lowest BCUT2D eigenvalue weighted by atomic mass is 9.85. The van der Waals surface area contributed by atoms with Gasteiger partial charge in [-0.05, 0) is 30.9 Å². The van der Waals surface area contributed by atoms with Gasteiger partial charge in [-0.2, -0.15) is 0 Å². The number of Topliss-reactive ketones (excluding diaryl/α,β-unsaturated/α-hetero) is 1. The van der Waals surface area contributed by atoms with Gasteiger partial charge in [0.05, 0.1) is 4.75 Å². The Balaban J connectivity index is 2.57. The molecule has 1 atom stereocenters. The molecule has 0 aromatic rings. The largest absolute Gasteiger partial charge is 0.298 e. The third-order valence-electron chi connectivity index (χ3n) is 2.50. The number of carbonyl (C=O) groups is 1. The standard InChI is InChI=1S/C11H20OS/c1-10(2,3)8-9(12)11(4)6-5-7-13-11/h5-8H2,1-4H3. The highest BCUT2D eigenvalue weighted by Gasteiger charge is 2.38. The van der Waals surface area contributed by atoms with E-state index >= 15 is 0 Å². The van der Waals surface area contributed by atoms with Crippen LogP contribution < -0.4 is 0 Å². The van der Waals surface area contributed by atoms with E-state index in [4.69, 9.17) is 0 Å². The van der Waals surface area contributed by atoms with E-state index in [1.807, 2.05) is 11.8 Å². The van der Waals surface area contributed by atoms with E-state index in [1.54, 1.807) is 0 Å². The Morgan fingerprint density at radius 2 is 2.08 bits per heavy atom. The number of thioether (sulfide) groups is 1. The van der Waals surface area contributed by atoms with Crippen LogP contribution >= 0.6 is 11.8 Å². The number of carbonyl (C=O) groups excluding carboxylic acids is 1. The molecule has 1 nitrogen and oxygen atoms in total. The topological polar surface area (TPSA) is 17.1 Å². The number of hydrogen-bond donors (Lipinski definition) is 0. The summed E-state index contributed by atoms with van der Waals surface area (Å²) in [6, 6.07) is 0. The number of rotatable bonds is 2. The van der Waals surface area contributed by atoms with Crippen molar-refractivity contribution < 1.29 is 4.79 Å². The van der Waals surface area contributed by atoms with Crippen LogP contribution in [-0.4, -0.2) is 16.3 Å². The molecule has 0 aromatic heterocycles. The summed E-state index contributed by atoms with van der Waals surface area (Å²) < 4.78 is -0.0622. The van der Waals surface area contributed by atoms with E-state index in [-0.39, 0.29) is 10.2 Å². The summed E-state index contributed by atoms with van der Waals surface area (Å²) in [7, 11) is 0. The normalized spacial score (nSPS) is 29.2. The molecule has 1 aliphatic rings. The Morgan fingerprint density at radius 3 is 2.46 bits per heavy atom. The smallest absolute Gasteiger partial charge is 0.149 e. The zero-order chi connectivity index (χ0) is 10.1. The predicted octanol–water partition coefficient (Wildman–Crippen LogP) is 3.28. The lowest BCUT2D eigenvalue weighted by Gasteiger charge is -2.26. The van der Waals surface area contributed by atoms with E-state index in [1.165, 1.54) is 6.42 Å². The highest BCUT2D eigenvalue weighted by molar-refractivity contribution is 8.01. The first kappa shape index (κ1) is 11.1. The highest BCUT2D eigenvalue weighted by Crippen LogP contribution is 2.40. The van der Waals surface area contributed by atoms with Gasteiger partial charge in [0.1, 0.15) is 5.78 Å². The SMILES string of the molecule is CC(C)(C)CC(=O)C1(C)CCCS1. The van der Waals surface area contributed by atoms with Gasteiger partial charge in [0.15, 0.2) is 0 Å². The molecule has 2 heteroatoms. The summed E-state index contributed by atoms with van der Waals surface area (Å²) in [5.74, 6) is 1.61. The number of hydrogen-bond acceptors (Lipinski definition) is 2. The molecule has 0 aliphatic carbocycles. The molecule has 0 saturated carbocycles. The van der Waals surface area contributed by atoms with Crippen molar-refractivity contribution in [2.24, 2.45) is 5.41 Å². The van der Waals surface area contributed by atoms with Crippen LogP contribution in [0.4, 0.5) is 0 Å². The van der Waals surface area contributed by atoms with Crippen LogP contribution in [-0.2, 0) is 4.79 Å². The van der Waals surface area contributed by atoms with Crippen LogP contribution in [0, 0.1) is 5.41 Å². The van der Waals surface area contributed by atoms with Gasteiger partial charge < -0.3 is 0 Å². The average Bonchev–Trinajstić information content (AvgIpc) is 2.33. The van der Waals surface area contributed by atoms with Gasteiger partial charge in [0.25, 0.3) is 0 Å². The first-order valence-corrected chi connectivity index (χ1v) is 5.99. The molecule has 0 aromatic carbocycles. The average molecular weight is 200 g/mol. The molecule has 1 aliphatic heterocycles. The van der Waals surface area contributed by atoms with Gasteiger partial charge in [-0.3, -0.25) is 4.79 Å². The summed E-state index contributed by atoms with van der Waals surface area (Å²) in [6.07, 6.45) is 3.00. The minimum absolute atomic E-state index is 0.0622. The van der Waals surface area contributed by atoms with E-state index in [9.17, 15) is 4.79 Å². The van der Waals surface area contributed by atoms with Gasteiger partial charge in [-0.15, -0.1) is 11.8 Å². The first-order valence-electron chi connectivity index (χ1n) is 5.01. The van der Waals surface area contributed by atoms with Crippen molar-refractivity contribution in [2.45, 2.75) is 51.7 Å². The summed E-state index contributed by atoms with van der Waals surface area (Å²) in [5, 5.41) is 0. The minimum atomic E-state index is -0.0622. The van der Waals surface area contributed by atoms with Gasteiger partial charge in [0.2, 0.25) is 0 Å². The van der Waals surface area contributed by atoms with Gasteiger partial charge >= 0.3 is 0 Å². The Kier molecular flexibility index (Phi) is 3.11. The van der Waals surface area contributed by atoms with Gasteiger partial charge in [-0.1, -0.05) is 20.8 Å². The molecular weight excluding hydrogens is 180 g/mol. The second-order valence-corrected chi connectivity index (χ2v) is 6.94. The zero-order valence-corrected chi connectivity index (χ0v) is 9.96. The molecule has 1 unspecified atom stereocenters. The highest BCUT2D eigenvalue weighted by atomic mass is 32.2. The molecule has 0 bridgehead atoms. The lowest BCUT2D eigenvalue weighted by molar-refractivity contribution is -0.122. The molecule has 0 spiro atoms. The summed E-state index contributed by atoms with van der Waals surface area (Å²) in [6.45, 7) is 8.51. The van der Waals surface area contributed by atoms with Gasteiger partial charge in [0, 0.05) is 6.42 Å². The fourth-order valence-corrected chi connectivity index (χ4v) is 2.93. The van der Waals surface area contributed by atoms with Crippen molar-refractivity contribution in [1.29, 1.82) is 0 Å². The van der Waals surface area contributed by atoms with Crippen LogP contribution in [0.25, 0.3) is 0 Å². The lowest BCUT2D eigenvalue weighted by Crippen LogP contribution is -2.31. The van der Waals surface area contributed by atoms with Crippen LogP contribution in [0.2, 0.25) is 0 Å². The maximum atomic E-state index is 12.0. The molecule has 76 valence electrons. The summed E-state index contributed by atoms with van der Waals surface area (Å²) in [4.78, 5) is 12.0. The molecule has 1 fully saturated rings. The van der Waals surface area contributed by atoms with E-state index in [2.05, 4.69) is 27.7 Å². The Bertz CT molecular complexity index is 197. The zero-order valence-electron chi connectivity index (χ0n) is 9.14. The van der Waals surface area contributed by atoms with E-state index in [0.29, 0.717) is 5.78 Å². The Labute approximate surface area is 85.7 Å². The Morgan fingerprint density at radius 1 is 1.46 bits per heavy atom. The Hall–Kier alpha value is 0.0200. The quantitative estimate of drug-likeness (QED) is 0.680. The molecule has 0 N–H and O–H groups in total. The molecule has 0 amide bonds. The molecule has 1 saturated heterocycles. The summed E-state index contributed by atoms with van der Waals surface area (Å²) >= 11 is 1.84. The third kappa shape index (κ3) is 3.01. The molecule has 1 rings (SSSR count). The van der Waals surface area contributed by atoms with Crippen molar-refractivity contribution >= 4 is 17.5 Å². The maximum absolute atomic E-state index is 12.0. The monoisotopic (exact) mass is 200 g/mol. The van der Waals surface area contributed by atoms with Crippen molar-refractivity contribution in [1.82, 2.24) is 0 Å². The first-order chi connectivity index (χ1) is 5.83. The molecular formula is C11H20OS. The van der Waals surface area contributed by atoms with E-state index < -0.39 is 0 Å². The second-order valence-electron chi connectivity index (χ2n) is 5.34. The molecule has 0 radical (unpaired) electrons. The van der Waals surface area contributed by atoms with Crippen molar-refractivity contribution in [3.05, 3.63) is 0 Å². The van der Waals surface area contributed by atoms with Crippen molar-refractivity contribution in [2.75, 3.05) is 5.75 Å². The fourth-order valence-electron chi connectivity index (χ4n) is 1.67. The van der Waals surface area contributed by atoms with Crippen LogP contribution in [0.5, 0.6) is 0 Å². The van der Waals surface area contributed by atoms with Crippen molar-refractivity contribution in [3.63, 3.8) is 0 Å². The van der Waals surface area contributed by atoms with E-state index in [0.717, 1.165) is 18.6 Å². The molecule has 13 heavy (non-hydrogen) atoms. The van der Waals surface area contributed by atoms with Gasteiger partial charge in [-0.25, -0.2) is 0 Å². The van der Waals surface area contributed by atoms with Crippen molar-refractivity contribution in [3.8, 4) is 0 Å². The van der Waals surface area contributed by atoms with Crippen LogP contribution in [0.3, 0.4) is 0 Å². The van der Waals surface area contributed by atoms with Crippen LogP contribution in [0.15, 0.2) is 0 Å². The molecule has 1 heterocycles.